The Kier molecular flexibility index (Phi) is 3.25. The Hall–Kier alpha value is -0.900. The number of ether oxygens (including phenoxy) is 1. The smallest absolute Gasteiger partial charge is 0.298 e. The molecule has 2 atom stereocenters. The first-order valence-corrected chi connectivity index (χ1v) is 6.50. The van der Waals surface area contributed by atoms with Crippen molar-refractivity contribution in [3.63, 3.8) is 0 Å². The summed E-state index contributed by atoms with van der Waals surface area (Å²) in [7, 11) is 1.86. The normalized spacial score (nSPS) is 28.5. The van der Waals surface area contributed by atoms with Gasteiger partial charge in [-0.1, -0.05) is 32.4 Å². The Morgan fingerprint density at radius 3 is 2.47 bits per heavy atom. The van der Waals surface area contributed by atoms with E-state index in [2.05, 4.69) is 32.4 Å². The van der Waals surface area contributed by atoms with E-state index in [1.54, 1.807) is 5.01 Å². The van der Waals surface area contributed by atoms with Gasteiger partial charge in [0.15, 0.2) is 5.71 Å². The van der Waals surface area contributed by atoms with E-state index in [4.69, 9.17) is 4.74 Å². The third kappa shape index (κ3) is 1.88. The topological polar surface area (TPSA) is 32.6 Å². The van der Waals surface area contributed by atoms with Crippen LogP contribution >= 0.6 is 0 Å². The van der Waals surface area contributed by atoms with Gasteiger partial charge in [0.05, 0.1) is 13.7 Å². The Morgan fingerprint density at radius 1 is 1.35 bits per heavy atom. The number of hydrogen-bond acceptors (Lipinski definition) is 2. The van der Waals surface area contributed by atoms with E-state index >= 15 is 0 Å². The number of hydrogen-bond donors (Lipinski definition) is 0. The van der Waals surface area contributed by atoms with Crippen LogP contribution in [0.15, 0.2) is 0 Å². The fourth-order valence-electron chi connectivity index (χ4n) is 3.09. The molecule has 2 aliphatic heterocycles. The second kappa shape index (κ2) is 4.41. The first-order valence-electron chi connectivity index (χ1n) is 6.50. The third-order valence-corrected chi connectivity index (χ3v) is 3.71. The zero-order chi connectivity index (χ0) is 12.7. The molecule has 0 radical (unpaired) electrons. The fraction of sp³-hybridized carbons (Fsp3) is 0.846. The number of carbonyl (C=O) groups excluding carboxylic acids is 1. The molecule has 0 spiro atoms. The van der Waals surface area contributed by atoms with Gasteiger partial charge in [-0.15, -0.1) is 5.01 Å². The lowest BCUT2D eigenvalue weighted by molar-refractivity contribution is -0.712. The summed E-state index contributed by atoms with van der Waals surface area (Å²) in [6.45, 7) is 9.41. The highest BCUT2D eigenvalue weighted by atomic mass is 16.5. The lowest BCUT2D eigenvalue weighted by Gasteiger charge is -2.17. The van der Waals surface area contributed by atoms with E-state index in [0.717, 1.165) is 6.42 Å². The Balaban J connectivity index is 2.48. The highest BCUT2D eigenvalue weighted by molar-refractivity contribution is 5.86. The summed E-state index contributed by atoms with van der Waals surface area (Å²) in [5.41, 5.74) is 1.29. The molecule has 0 aromatic carbocycles. The molecular formula is C13H23N2O2+. The molecule has 4 heteroatoms. The molecule has 0 N–H and O–H groups in total. The van der Waals surface area contributed by atoms with Gasteiger partial charge in [-0.2, -0.15) is 0 Å². The summed E-state index contributed by atoms with van der Waals surface area (Å²) in [6, 6.07) is 0. The molecule has 0 aromatic rings. The number of hydrazone groups is 1. The molecule has 0 unspecified atom stereocenters. The molecule has 2 aliphatic rings. The van der Waals surface area contributed by atoms with Gasteiger partial charge in [0.25, 0.3) is 12.1 Å². The molecule has 2 rings (SSSR count). The standard InChI is InChI=1S/C13H23N2O2/c1-8(2)11(9(3)4)15-13-10(6-7-17-13)12(16)14(15)5/h8-10,13H,6-7H2,1-5H3/q+1/t10-,13-/m1/s1. The maximum Gasteiger partial charge on any atom is 0.298 e. The number of fused-ring (bicyclic) bond motifs is 1. The van der Waals surface area contributed by atoms with Gasteiger partial charge in [-0.3, -0.25) is 4.79 Å². The summed E-state index contributed by atoms with van der Waals surface area (Å²) in [5.74, 6) is 1.08. The van der Waals surface area contributed by atoms with Crippen LogP contribution in [0.1, 0.15) is 34.1 Å². The van der Waals surface area contributed by atoms with E-state index in [1.807, 2.05) is 7.05 Å². The summed E-state index contributed by atoms with van der Waals surface area (Å²) >= 11 is 0. The van der Waals surface area contributed by atoms with Gasteiger partial charge in [0.1, 0.15) is 5.92 Å². The largest absolute Gasteiger partial charge is 0.319 e. The number of nitrogens with zero attached hydrogens (tertiary/aromatic N) is 2. The maximum atomic E-state index is 12.1. The highest BCUT2D eigenvalue weighted by Crippen LogP contribution is 2.31. The molecule has 4 nitrogen and oxygen atoms in total. The van der Waals surface area contributed by atoms with Crippen molar-refractivity contribution in [2.45, 2.75) is 40.3 Å². The second-order valence-corrected chi connectivity index (χ2v) is 5.60. The van der Waals surface area contributed by atoms with Crippen LogP contribution in [-0.2, 0) is 9.53 Å². The quantitative estimate of drug-likeness (QED) is 0.684. The number of amides is 1. The molecule has 2 heterocycles. The van der Waals surface area contributed by atoms with Crippen molar-refractivity contribution in [3.8, 4) is 0 Å². The molecule has 96 valence electrons. The zero-order valence-corrected chi connectivity index (χ0v) is 11.4. The summed E-state index contributed by atoms with van der Waals surface area (Å²) in [5, 5.41) is 1.75. The molecule has 0 aromatic heterocycles. The fourth-order valence-corrected chi connectivity index (χ4v) is 3.09. The van der Waals surface area contributed by atoms with Gasteiger partial charge in [-0.25, -0.2) is 0 Å². The SMILES string of the molecule is CC(C)C(C(C)C)=[N+]1[C@@H]2OCC[C@@H]2C(=O)N1C. The molecule has 0 aliphatic carbocycles. The zero-order valence-electron chi connectivity index (χ0n) is 11.4. The van der Waals surface area contributed by atoms with Gasteiger partial charge in [0.2, 0.25) is 0 Å². The van der Waals surface area contributed by atoms with Crippen molar-refractivity contribution >= 4 is 11.6 Å². The molecular weight excluding hydrogens is 216 g/mol. The van der Waals surface area contributed by atoms with Crippen LogP contribution in [0.25, 0.3) is 0 Å². The molecule has 1 amide bonds. The van der Waals surface area contributed by atoms with Crippen LogP contribution in [0, 0.1) is 17.8 Å². The average Bonchev–Trinajstić information content (AvgIpc) is 2.77. The predicted octanol–water partition coefficient (Wildman–Crippen LogP) is 1.50. The molecule has 0 saturated carbocycles. The minimum Gasteiger partial charge on any atom is -0.319 e. The van der Waals surface area contributed by atoms with E-state index < -0.39 is 0 Å². The monoisotopic (exact) mass is 239 g/mol. The molecule has 2 fully saturated rings. The number of hydrazine groups is 1. The van der Waals surface area contributed by atoms with Crippen LogP contribution in [0.2, 0.25) is 0 Å². The van der Waals surface area contributed by atoms with Gasteiger partial charge < -0.3 is 4.74 Å². The number of rotatable bonds is 2. The highest BCUT2D eigenvalue weighted by Gasteiger charge is 2.55. The lowest BCUT2D eigenvalue weighted by atomic mass is 9.97. The summed E-state index contributed by atoms with van der Waals surface area (Å²) in [4.78, 5) is 12.1. The minimum atomic E-state index is -0.0627. The van der Waals surface area contributed by atoms with Crippen molar-refractivity contribution < 1.29 is 14.2 Å². The van der Waals surface area contributed by atoms with Gasteiger partial charge in [-0.05, 0) is 6.42 Å². The van der Waals surface area contributed by atoms with Crippen LogP contribution in [-0.4, -0.2) is 41.2 Å². The Morgan fingerprint density at radius 2 is 1.94 bits per heavy atom. The van der Waals surface area contributed by atoms with E-state index in [0.29, 0.717) is 18.4 Å². The minimum absolute atomic E-state index is 0.0347. The van der Waals surface area contributed by atoms with Crippen molar-refractivity contribution in [2.24, 2.45) is 17.8 Å². The first kappa shape index (κ1) is 12.6. The maximum absolute atomic E-state index is 12.1. The van der Waals surface area contributed by atoms with E-state index in [-0.39, 0.29) is 18.1 Å². The van der Waals surface area contributed by atoms with Crippen LogP contribution in [0.3, 0.4) is 0 Å². The van der Waals surface area contributed by atoms with E-state index in [9.17, 15) is 4.79 Å². The second-order valence-electron chi connectivity index (χ2n) is 5.60. The summed E-state index contributed by atoms with van der Waals surface area (Å²) < 4.78 is 7.85. The van der Waals surface area contributed by atoms with Crippen molar-refractivity contribution in [1.29, 1.82) is 0 Å². The van der Waals surface area contributed by atoms with Crippen molar-refractivity contribution in [1.82, 2.24) is 5.01 Å². The third-order valence-electron chi connectivity index (χ3n) is 3.71. The first-order chi connectivity index (χ1) is 7.95. The van der Waals surface area contributed by atoms with Gasteiger partial charge in [0, 0.05) is 11.8 Å². The van der Waals surface area contributed by atoms with Crippen LogP contribution in [0.4, 0.5) is 0 Å². The van der Waals surface area contributed by atoms with Crippen molar-refractivity contribution in [3.05, 3.63) is 0 Å². The predicted molar refractivity (Wildman–Crippen MR) is 65.6 cm³/mol. The lowest BCUT2D eigenvalue weighted by Crippen LogP contribution is -2.41. The Labute approximate surface area is 103 Å². The molecule has 0 bridgehead atoms. The van der Waals surface area contributed by atoms with Crippen LogP contribution in [0.5, 0.6) is 0 Å². The number of carbonyl (C=O) groups is 1. The molecule has 17 heavy (non-hydrogen) atoms. The van der Waals surface area contributed by atoms with E-state index in [1.165, 1.54) is 5.71 Å². The Bertz CT molecular complexity index is 350. The summed E-state index contributed by atoms with van der Waals surface area (Å²) in [6.07, 6.45) is 0.792. The van der Waals surface area contributed by atoms with Crippen LogP contribution < -0.4 is 0 Å². The van der Waals surface area contributed by atoms with Crippen molar-refractivity contribution in [2.75, 3.05) is 13.7 Å². The van der Waals surface area contributed by atoms with Gasteiger partial charge >= 0.3 is 0 Å². The molecule has 2 saturated heterocycles. The average molecular weight is 239 g/mol.